The number of nitrogens with zero attached hydrogens (tertiary/aromatic N) is 1. The number of nitrogens with one attached hydrogen (secondary N) is 1. The number of aliphatic hydroxyl groups is 1. The van der Waals surface area contributed by atoms with Crippen LogP contribution in [0.15, 0.2) is 48.8 Å². The van der Waals surface area contributed by atoms with Gasteiger partial charge in [-0.2, -0.15) is 0 Å². The van der Waals surface area contributed by atoms with Gasteiger partial charge in [-0.15, -0.1) is 0 Å². The minimum atomic E-state index is -1.61. The van der Waals surface area contributed by atoms with E-state index in [1.165, 1.54) is 25.4 Å². The predicted molar refractivity (Wildman–Crippen MR) is 80.0 cm³/mol. The number of benzene rings is 1. The lowest BCUT2D eigenvalue weighted by atomic mass is 9.84. The standard InChI is InChI=1S/C16H18N2O3/c1-11(12-6-4-3-5-7-12)16(2,21)15(20)18-13-8-9-17-10-14(13)19/h3-11,19,21H,1-2H3,(H,17,18,20)/t11-,16-/m0/s1. The lowest BCUT2D eigenvalue weighted by Gasteiger charge is -2.29. The van der Waals surface area contributed by atoms with Crippen LogP contribution < -0.4 is 5.32 Å². The summed E-state index contributed by atoms with van der Waals surface area (Å²) in [6, 6.07) is 10.8. The van der Waals surface area contributed by atoms with E-state index in [9.17, 15) is 15.0 Å². The van der Waals surface area contributed by atoms with Crippen molar-refractivity contribution in [3.05, 3.63) is 54.4 Å². The fraction of sp³-hybridized carbons (Fsp3) is 0.250. The molecule has 0 aliphatic carbocycles. The molecule has 2 atom stereocenters. The van der Waals surface area contributed by atoms with Crippen LogP contribution in [0.1, 0.15) is 25.3 Å². The van der Waals surface area contributed by atoms with E-state index in [1.54, 1.807) is 6.92 Å². The summed E-state index contributed by atoms with van der Waals surface area (Å²) in [5.74, 6) is -1.13. The molecule has 0 spiro atoms. The van der Waals surface area contributed by atoms with E-state index in [0.29, 0.717) is 0 Å². The maximum absolute atomic E-state index is 12.3. The molecule has 110 valence electrons. The summed E-state index contributed by atoms with van der Waals surface area (Å²) in [6.07, 6.45) is 2.68. The quantitative estimate of drug-likeness (QED) is 0.805. The highest BCUT2D eigenvalue weighted by atomic mass is 16.3. The summed E-state index contributed by atoms with van der Waals surface area (Å²) in [6.45, 7) is 3.24. The first-order valence-electron chi connectivity index (χ1n) is 6.64. The summed E-state index contributed by atoms with van der Waals surface area (Å²) < 4.78 is 0. The number of carbonyl (C=O) groups excluding carboxylic acids is 1. The molecule has 5 heteroatoms. The molecule has 0 aliphatic rings. The van der Waals surface area contributed by atoms with Gasteiger partial charge < -0.3 is 15.5 Å². The molecule has 0 saturated heterocycles. The van der Waals surface area contributed by atoms with Gasteiger partial charge in [0.15, 0.2) is 5.75 Å². The molecule has 0 saturated carbocycles. The third-order valence-electron chi connectivity index (χ3n) is 3.65. The fourth-order valence-corrected chi connectivity index (χ4v) is 2.00. The van der Waals surface area contributed by atoms with Crippen LogP contribution in [-0.2, 0) is 4.79 Å². The van der Waals surface area contributed by atoms with Gasteiger partial charge in [-0.25, -0.2) is 0 Å². The SMILES string of the molecule is C[C@@H](c1ccccc1)[C@](C)(O)C(=O)Nc1ccncc1O. The number of anilines is 1. The Kier molecular flexibility index (Phi) is 4.23. The molecule has 0 radical (unpaired) electrons. The van der Waals surface area contributed by atoms with E-state index in [1.807, 2.05) is 30.3 Å². The van der Waals surface area contributed by atoms with Crippen LogP contribution in [0.3, 0.4) is 0 Å². The van der Waals surface area contributed by atoms with E-state index in [-0.39, 0.29) is 11.4 Å². The van der Waals surface area contributed by atoms with Crippen molar-refractivity contribution in [1.82, 2.24) is 4.98 Å². The van der Waals surface area contributed by atoms with Gasteiger partial charge in [-0.05, 0) is 18.6 Å². The van der Waals surface area contributed by atoms with Gasteiger partial charge in [-0.1, -0.05) is 37.3 Å². The Balaban J connectivity index is 2.19. The smallest absolute Gasteiger partial charge is 0.256 e. The summed E-state index contributed by atoms with van der Waals surface area (Å²) in [5, 5.41) is 22.7. The van der Waals surface area contributed by atoms with Crippen LogP contribution in [0.5, 0.6) is 5.75 Å². The second kappa shape index (κ2) is 5.93. The first-order valence-corrected chi connectivity index (χ1v) is 6.64. The fourth-order valence-electron chi connectivity index (χ4n) is 2.00. The number of aromatic nitrogens is 1. The molecule has 5 nitrogen and oxygen atoms in total. The number of pyridine rings is 1. The molecule has 0 unspecified atom stereocenters. The Morgan fingerprint density at radius 1 is 1.29 bits per heavy atom. The van der Waals surface area contributed by atoms with Crippen molar-refractivity contribution in [2.75, 3.05) is 5.32 Å². The number of aromatic hydroxyl groups is 1. The Morgan fingerprint density at radius 2 is 1.95 bits per heavy atom. The highest BCUT2D eigenvalue weighted by molar-refractivity contribution is 5.98. The van der Waals surface area contributed by atoms with Crippen LogP contribution in [0.4, 0.5) is 5.69 Å². The summed E-state index contributed by atoms with van der Waals surface area (Å²) in [4.78, 5) is 16.0. The second-order valence-corrected chi connectivity index (χ2v) is 5.13. The topological polar surface area (TPSA) is 82.5 Å². The normalized spacial score (nSPS) is 15.0. The van der Waals surface area contributed by atoms with Gasteiger partial charge in [0.25, 0.3) is 5.91 Å². The van der Waals surface area contributed by atoms with Crippen molar-refractivity contribution in [2.24, 2.45) is 0 Å². The third-order valence-corrected chi connectivity index (χ3v) is 3.65. The van der Waals surface area contributed by atoms with Crippen LogP contribution >= 0.6 is 0 Å². The zero-order valence-corrected chi connectivity index (χ0v) is 11.9. The van der Waals surface area contributed by atoms with Crippen molar-refractivity contribution < 1.29 is 15.0 Å². The molecule has 3 N–H and O–H groups in total. The lowest BCUT2D eigenvalue weighted by Crippen LogP contribution is -2.44. The molecule has 1 aromatic heterocycles. The molecular weight excluding hydrogens is 268 g/mol. The minimum Gasteiger partial charge on any atom is -0.504 e. The zero-order chi connectivity index (χ0) is 15.5. The first-order chi connectivity index (χ1) is 9.93. The van der Waals surface area contributed by atoms with Gasteiger partial charge in [0.1, 0.15) is 5.60 Å². The molecule has 2 aromatic rings. The van der Waals surface area contributed by atoms with E-state index in [0.717, 1.165) is 5.56 Å². The Bertz CT molecular complexity index is 626. The van der Waals surface area contributed by atoms with Crippen molar-refractivity contribution in [2.45, 2.75) is 25.4 Å². The molecule has 1 aromatic carbocycles. The molecule has 1 amide bonds. The molecule has 0 fully saturated rings. The minimum absolute atomic E-state index is 0.144. The Morgan fingerprint density at radius 3 is 2.57 bits per heavy atom. The van der Waals surface area contributed by atoms with E-state index in [4.69, 9.17) is 0 Å². The van der Waals surface area contributed by atoms with Crippen LogP contribution in [0.2, 0.25) is 0 Å². The number of hydrogen-bond acceptors (Lipinski definition) is 4. The maximum Gasteiger partial charge on any atom is 0.256 e. The van der Waals surface area contributed by atoms with Crippen LogP contribution in [-0.4, -0.2) is 26.7 Å². The molecular formula is C16H18N2O3. The van der Waals surface area contributed by atoms with Crippen LogP contribution in [0.25, 0.3) is 0 Å². The summed E-state index contributed by atoms with van der Waals surface area (Å²) >= 11 is 0. The highest BCUT2D eigenvalue weighted by Gasteiger charge is 2.37. The van der Waals surface area contributed by atoms with E-state index in [2.05, 4.69) is 10.3 Å². The van der Waals surface area contributed by atoms with Gasteiger partial charge >= 0.3 is 0 Å². The predicted octanol–water partition coefficient (Wildman–Crippen LogP) is 2.28. The molecule has 2 rings (SSSR count). The molecule has 21 heavy (non-hydrogen) atoms. The van der Waals surface area contributed by atoms with E-state index < -0.39 is 17.4 Å². The van der Waals surface area contributed by atoms with Crippen molar-refractivity contribution in [3.63, 3.8) is 0 Å². The van der Waals surface area contributed by atoms with Gasteiger partial charge in [0, 0.05) is 12.1 Å². The molecule has 1 heterocycles. The second-order valence-electron chi connectivity index (χ2n) is 5.13. The van der Waals surface area contributed by atoms with Gasteiger partial charge in [0.2, 0.25) is 0 Å². The average Bonchev–Trinajstić information content (AvgIpc) is 2.49. The van der Waals surface area contributed by atoms with Gasteiger partial charge in [0.05, 0.1) is 11.9 Å². The van der Waals surface area contributed by atoms with Crippen molar-refractivity contribution in [3.8, 4) is 5.75 Å². The Labute approximate surface area is 123 Å². The molecule has 0 aliphatic heterocycles. The average molecular weight is 286 g/mol. The monoisotopic (exact) mass is 286 g/mol. The van der Waals surface area contributed by atoms with Gasteiger partial charge in [-0.3, -0.25) is 9.78 Å². The van der Waals surface area contributed by atoms with Crippen molar-refractivity contribution in [1.29, 1.82) is 0 Å². The summed E-state index contributed by atoms with van der Waals surface area (Å²) in [7, 11) is 0. The first kappa shape index (κ1) is 15.0. The molecule has 0 bridgehead atoms. The third kappa shape index (κ3) is 3.20. The number of hydrogen-bond donors (Lipinski definition) is 3. The zero-order valence-electron chi connectivity index (χ0n) is 11.9. The van der Waals surface area contributed by atoms with Crippen LogP contribution in [0, 0.1) is 0 Å². The van der Waals surface area contributed by atoms with E-state index >= 15 is 0 Å². The highest BCUT2D eigenvalue weighted by Crippen LogP contribution is 2.30. The number of carbonyl (C=O) groups is 1. The maximum atomic E-state index is 12.3. The van der Waals surface area contributed by atoms with Crippen molar-refractivity contribution >= 4 is 11.6 Å². The Hall–Kier alpha value is -2.40. The summed E-state index contributed by atoms with van der Waals surface area (Å²) in [5.41, 5.74) is -0.538. The largest absolute Gasteiger partial charge is 0.504 e. The number of amides is 1. The number of rotatable bonds is 4. The lowest BCUT2D eigenvalue weighted by molar-refractivity contribution is -0.134.